The zero-order valence-electron chi connectivity index (χ0n) is 9.03. The summed E-state index contributed by atoms with van der Waals surface area (Å²) in [5, 5.41) is 0. The second-order valence-electron chi connectivity index (χ2n) is 4.81. The summed E-state index contributed by atoms with van der Waals surface area (Å²) in [5.41, 5.74) is 0.742. The van der Waals surface area contributed by atoms with Crippen LogP contribution in [0, 0.1) is 11.3 Å². The molecule has 1 aliphatic carbocycles. The SMILES string of the molecule is CCC[C@]1(CC)CCC[C@H](C)C1. The zero-order valence-corrected chi connectivity index (χ0v) is 9.03. The molecule has 0 radical (unpaired) electrons. The standard InChI is InChI=1S/C12H24/c1-4-8-12(5-2)9-6-7-11(3)10-12/h11H,4-10H2,1-3H3/t11-,12+/m0/s1. The topological polar surface area (TPSA) is 0 Å². The first-order valence-electron chi connectivity index (χ1n) is 5.72. The molecule has 0 aliphatic heterocycles. The van der Waals surface area contributed by atoms with Crippen molar-refractivity contribution in [1.82, 2.24) is 0 Å². The van der Waals surface area contributed by atoms with Gasteiger partial charge in [-0.05, 0) is 30.6 Å². The van der Waals surface area contributed by atoms with Crippen LogP contribution in [0.3, 0.4) is 0 Å². The van der Waals surface area contributed by atoms with Gasteiger partial charge >= 0.3 is 0 Å². The molecule has 0 amide bonds. The molecule has 0 unspecified atom stereocenters. The highest BCUT2D eigenvalue weighted by molar-refractivity contribution is 4.83. The summed E-state index contributed by atoms with van der Waals surface area (Å²) in [6.07, 6.45) is 10.2. The van der Waals surface area contributed by atoms with Gasteiger partial charge in [0.2, 0.25) is 0 Å². The summed E-state index contributed by atoms with van der Waals surface area (Å²) in [6.45, 7) is 7.14. The van der Waals surface area contributed by atoms with Gasteiger partial charge in [0.25, 0.3) is 0 Å². The summed E-state index contributed by atoms with van der Waals surface area (Å²) >= 11 is 0. The van der Waals surface area contributed by atoms with E-state index in [-0.39, 0.29) is 0 Å². The Morgan fingerprint density at radius 3 is 2.58 bits per heavy atom. The molecule has 1 rings (SSSR count). The predicted octanol–water partition coefficient (Wildman–Crippen LogP) is 4.39. The largest absolute Gasteiger partial charge is 0.0654 e. The normalized spacial score (nSPS) is 36.8. The predicted molar refractivity (Wildman–Crippen MR) is 55.3 cm³/mol. The van der Waals surface area contributed by atoms with Crippen LogP contribution in [0.2, 0.25) is 0 Å². The summed E-state index contributed by atoms with van der Waals surface area (Å²) in [5.74, 6) is 0.991. The molecule has 0 spiro atoms. The maximum absolute atomic E-state index is 2.43. The van der Waals surface area contributed by atoms with Gasteiger partial charge in [-0.2, -0.15) is 0 Å². The van der Waals surface area contributed by atoms with E-state index >= 15 is 0 Å². The summed E-state index contributed by atoms with van der Waals surface area (Å²) in [6, 6.07) is 0. The molecular weight excluding hydrogens is 144 g/mol. The van der Waals surface area contributed by atoms with Crippen LogP contribution in [-0.2, 0) is 0 Å². The lowest BCUT2D eigenvalue weighted by molar-refractivity contribution is 0.126. The summed E-state index contributed by atoms with van der Waals surface area (Å²) in [4.78, 5) is 0. The summed E-state index contributed by atoms with van der Waals surface area (Å²) < 4.78 is 0. The second kappa shape index (κ2) is 4.30. The lowest BCUT2D eigenvalue weighted by Crippen LogP contribution is -2.26. The molecule has 0 aromatic heterocycles. The molecule has 1 aliphatic rings. The van der Waals surface area contributed by atoms with E-state index in [1.54, 1.807) is 0 Å². The monoisotopic (exact) mass is 168 g/mol. The van der Waals surface area contributed by atoms with Gasteiger partial charge in [-0.3, -0.25) is 0 Å². The summed E-state index contributed by atoms with van der Waals surface area (Å²) in [7, 11) is 0. The van der Waals surface area contributed by atoms with Gasteiger partial charge < -0.3 is 0 Å². The molecule has 1 fully saturated rings. The smallest absolute Gasteiger partial charge is 0.0298 e. The molecule has 2 atom stereocenters. The molecule has 0 bridgehead atoms. The van der Waals surface area contributed by atoms with Crippen molar-refractivity contribution in [2.45, 2.75) is 65.7 Å². The van der Waals surface area contributed by atoms with Crippen LogP contribution in [0.4, 0.5) is 0 Å². The van der Waals surface area contributed by atoms with E-state index in [0.717, 1.165) is 11.3 Å². The van der Waals surface area contributed by atoms with Gasteiger partial charge in [0.1, 0.15) is 0 Å². The van der Waals surface area contributed by atoms with E-state index < -0.39 is 0 Å². The molecule has 1 saturated carbocycles. The Bertz CT molecular complexity index is 124. The van der Waals surface area contributed by atoms with Gasteiger partial charge in [-0.25, -0.2) is 0 Å². The maximum atomic E-state index is 2.43. The van der Waals surface area contributed by atoms with Gasteiger partial charge in [0.05, 0.1) is 0 Å². The Morgan fingerprint density at radius 2 is 2.08 bits per heavy atom. The van der Waals surface area contributed by atoms with Crippen molar-refractivity contribution in [3.05, 3.63) is 0 Å². The van der Waals surface area contributed by atoms with Crippen molar-refractivity contribution >= 4 is 0 Å². The molecule has 12 heavy (non-hydrogen) atoms. The lowest BCUT2D eigenvalue weighted by atomic mass is 9.66. The minimum absolute atomic E-state index is 0.742. The fraction of sp³-hybridized carbons (Fsp3) is 1.00. The van der Waals surface area contributed by atoms with Gasteiger partial charge in [-0.1, -0.05) is 46.5 Å². The van der Waals surface area contributed by atoms with E-state index in [1.807, 2.05) is 0 Å². The molecule has 0 saturated heterocycles. The fourth-order valence-corrected chi connectivity index (χ4v) is 3.02. The second-order valence-corrected chi connectivity index (χ2v) is 4.81. The van der Waals surface area contributed by atoms with Crippen LogP contribution in [0.15, 0.2) is 0 Å². The van der Waals surface area contributed by atoms with Gasteiger partial charge in [0.15, 0.2) is 0 Å². The van der Waals surface area contributed by atoms with Crippen molar-refractivity contribution in [3.63, 3.8) is 0 Å². The third kappa shape index (κ3) is 2.24. The Kier molecular flexibility index (Phi) is 3.61. The van der Waals surface area contributed by atoms with Crippen molar-refractivity contribution in [3.8, 4) is 0 Å². The van der Waals surface area contributed by atoms with E-state index in [9.17, 15) is 0 Å². The number of hydrogen-bond donors (Lipinski definition) is 0. The van der Waals surface area contributed by atoms with E-state index in [0.29, 0.717) is 0 Å². The first-order valence-corrected chi connectivity index (χ1v) is 5.72. The minimum atomic E-state index is 0.742. The van der Waals surface area contributed by atoms with Crippen LogP contribution in [0.1, 0.15) is 65.7 Å². The number of hydrogen-bond acceptors (Lipinski definition) is 0. The van der Waals surface area contributed by atoms with E-state index in [2.05, 4.69) is 20.8 Å². The molecule has 0 aromatic rings. The lowest BCUT2D eigenvalue weighted by Gasteiger charge is -2.39. The molecule has 0 heterocycles. The van der Waals surface area contributed by atoms with Crippen molar-refractivity contribution < 1.29 is 0 Å². The van der Waals surface area contributed by atoms with Crippen molar-refractivity contribution in [2.24, 2.45) is 11.3 Å². The van der Waals surface area contributed by atoms with Gasteiger partial charge in [-0.15, -0.1) is 0 Å². The first-order chi connectivity index (χ1) is 5.72. The fourth-order valence-electron chi connectivity index (χ4n) is 3.02. The average Bonchev–Trinajstić information content (AvgIpc) is 2.05. The van der Waals surface area contributed by atoms with Crippen LogP contribution < -0.4 is 0 Å². The molecule has 0 aromatic carbocycles. The third-order valence-corrected chi connectivity index (χ3v) is 3.72. The van der Waals surface area contributed by atoms with Crippen LogP contribution in [0.5, 0.6) is 0 Å². The molecule has 0 N–H and O–H groups in total. The van der Waals surface area contributed by atoms with Crippen molar-refractivity contribution in [1.29, 1.82) is 0 Å². The Hall–Kier alpha value is 0. The van der Waals surface area contributed by atoms with Crippen LogP contribution in [0.25, 0.3) is 0 Å². The molecule has 72 valence electrons. The molecular formula is C12H24. The highest BCUT2D eigenvalue weighted by atomic mass is 14.4. The molecule has 0 heteroatoms. The van der Waals surface area contributed by atoms with E-state index in [1.165, 1.54) is 44.9 Å². The molecule has 0 nitrogen and oxygen atoms in total. The number of rotatable bonds is 3. The zero-order chi connectivity index (χ0) is 9.03. The quantitative estimate of drug-likeness (QED) is 0.586. The van der Waals surface area contributed by atoms with Crippen LogP contribution >= 0.6 is 0 Å². The maximum Gasteiger partial charge on any atom is -0.0298 e. The Balaban J connectivity index is 2.51. The Morgan fingerprint density at radius 1 is 1.33 bits per heavy atom. The minimum Gasteiger partial charge on any atom is -0.0654 e. The first kappa shape index (κ1) is 10.1. The van der Waals surface area contributed by atoms with Crippen molar-refractivity contribution in [2.75, 3.05) is 0 Å². The van der Waals surface area contributed by atoms with Crippen LogP contribution in [-0.4, -0.2) is 0 Å². The Labute approximate surface area is 77.7 Å². The highest BCUT2D eigenvalue weighted by Gasteiger charge is 2.31. The highest BCUT2D eigenvalue weighted by Crippen LogP contribution is 2.44. The van der Waals surface area contributed by atoms with E-state index in [4.69, 9.17) is 0 Å². The average molecular weight is 168 g/mol. The third-order valence-electron chi connectivity index (χ3n) is 3.72. The van der Waals surface area contributed by atoms with Gasteiger partial charge in [0, 0.05) is 0 Å².